The second kappa shape index (κ2) is 8.30. The van der Waals surface area contributed by atoms with Crippen molar-refractivity contribution < 1.29 is 4.79 Å². The molecule has 0 spiro atoms. The quantitative estimate of drug-likeness (QED) is 0.528. The average molecular weight is 351 g/mol. The molecule has 0 radical (unpaired) electrons. The SMILES string of the molecule is O=C(Cc1cc(=O)[nH]c(SCc2ccccc2)n1)Nc1ccccc1. The molecule has 1 heterocycles. The number of hydrogen-bond acceptors (Lipinski definition) is 4. The van der Waals surface area contributed by atoms with Crippen LogP contribution in [0.2, 0.25) is 0 Å². The fourth-order valence-electron chi connectivity index (χ4n) is 2.26. The molecular formula is C19H17N3O2S. The topological polar surface area (TPSA) is 74.8 Å². The highest BCUT2D eigenvalue weighted by Crippen LogP contribution is 2.18. The number of rotatable bonds is 6. The van der Waals surface area contributed by atoms with E-state index in [4.69, 9.17) is 0 Å². The lowest BCUT2D eigenvalue weighted by molar-refractivity contribution is -0.115. The number of anilines is 1. The van der Waals surface area contributed by atoms with Gasteiger partial charge in [-0.2, -0.15) is 0 Å². The molecule has 25 heavy (non-hydrogen) atoms. The zero-order chi connectivity index (χ0) is 17.5. The summed E-state index contributed by atoms with van der Waals surface area (Å²) in [5.74, 6) is 0.493. The summed E-state index contributed by atoms with van der Waals surface area (Å²) >= 11 is 1.43. The summed E-state index contributed by atoms with van der Waals surface area (Å²) in [5.41, 5.74) is 2.05. The fraction of sp³-hybridized carbons (Fsp3) is 0.105. The van der Waals surface area contributed by atoms with Gasteiger partial charge in [-0.3, -0.25) is 9.59 Å². The Balaban J connectivity index is 1.64. The van der Waals surface area contributed by atoms with Gasteiger partial charge in [-0.25, -0.2) is 4.98 Å². The van der Waals surface area contributed by atoms with Gasteiger partial charge in [0.25, 0.3) is 5.56 Å². The van der Waals surface area contributed by atoms with Crippen LogP contribution in [0.5, 0.6) is 0 Å². The second-order valence-corrected chi connectivity index (χ2v) is 6.37. The monoisotopic (exact) mass is 351 g/mol. The molecule has 3 rings (SSSR count). The summed E-state index contributed by atoms with van der Waals surface area (Å²) in [4.78, 5) is 31.0. The fourth-order valence-corrected chi connectivity index (χ4v) is 3.11. The van der Waals surface area contributed by atoms with E-state index in [1.807, 2.05) is 60.7 Å². The minimum Gasteiger partial charge on any atom is -0.326 e. The number of para-hydroxylation sites is 1. The molecule has 0 saturated carbocycles. The van der Waals surface area contributed by atoms with Crippen LogP contribution in [-0.4, -0.2) is 15.9 Å². The van der Waals surface area contributed by atoms with E-state index in [0.717, 1.165) is 11.3 Å². The first-order chi connectivity index (χ1) is 12.2. The molecule has 0 aliphatic heterocycles. The van der Waals surface area contributed by atoms with E-state index in [1.165, 1.54) is 17.8 Å². The number of aromatic amines is 1. The molecule has 3 aromatic rings. The molecule has 1 amide bonds. The maximum Gasteiger partial charge on any atom is 0.251 e. The van der Waals surface area contributed by atoms with Gasteiger partial charge >= 0.3 is 0 Å². The smallest absolute Gasteiger partial charge is 0.251 e. The standard InChI is InChI=1S/C19H17N3O2S/c23-17(20-15-9-5-2-6-10-15)11-16-12-18(24)22-19(21-16)25-13-14-7-3-1-4-8-14/h1-10,12H,11,13H2,(H,20,23)(H,21,22,24). The third kappa shape index (κ3) is 5.32. The van der Waals surface area contributed by atoms with Crippen molar-refractivity contribution in [2.24, 2.45) is 0 Å². The molecule has 2 aromatic carbocycles. The van der Waals surface area contributed by atoms with E-state index in [-0.39, 0.29) is 17.9 Å². The van der Waals surface area contributed by atoms with Crippen LogP contribution in [0.1, 0.15) is 11.3 Å². The van der Waals surface area contributed by atoms with Crippen LogP contribution in [0, 0.1) is 0 Å². The molecule has 0 atom stereocenters. The number of thioether (sulfide) groups is 1. The molecule has 126 valence electrons. The van der Waals surface area contributed by atoms with Gasteiger partial charge in [0.05, 0.1) is 12.1 Å². The molecular weight excluding hydrogens is 334 g/mol. The number of benzene rings is 2. The molecule has 5 nitrogen and oxygen atoms in total. The zero-order valence-corrected chi connectivity index (χ0v) is 14.3. The normalized spacial score (nSPS) is 10.4. The first-order valence-corrected chi connectivity index (χ1v) is 8.79. The minimum absolute atomic E-state index is 0.0533. The lowest BCUT2D eigenvalue weighted by Gasteiger charge is -2.06. The summed E-state index contributed by atoms with van der Waals surface area (Å²) in [5, 5.41) is 3.30. The number of aromatic nitrogens is 2. The van der Waals surface area contributed by atoms with E-state index in [1.54, 1.807) is 0 Å². The van der Waals surface area contributed by atoms with E-state index in [9.17, 15) is 9.59 Å². The van der Waals surface area contributed by atoms with Gasteiger partial charge < -0.3 is 10.3 Å². The van der Waals surface area contributed by atoms with Crippen LogP contribution < -0.4 is 10.9 Å². The van der Waals surface area contributed by atoms with Crippen molar-refractivity contribution >= 4 is 23.4 Å². The lowest BCUT2D eigenvalue weighted by Crippen LogP contribution is -2.18. The highest BCUT2D eigenvalue weighted by Gasteiger charge is 2.08. The Hall–Kier alpha value is -2.86. The summed E-state index contributed by atoms with van der Waals surface area (Å²) in [6.07, 6.45) is 0.0533. The highest BCUT2D eigenvalue weighted by molar-refractivity contribution is 7.98. The Morgan fingerprint density at radius 3 is 2.44 bits per heavy atom. The van der Waals surface area contributed by atoms with E-state index in [0.29, 0.717) is 16.6 Å². The molecule has 1 aromatic heterocycles. The largest absolute Gasteiger partial charge is 0.326 e. The van der Waals surface area contributed by atoms with Gasteiger partial charge in [0.1, 0.15) is 0 Å². The van der Waals surface area contributed by atoms with Crippen molar-refractivity contribution in [3.63, 3.8) is 0 Å². The van der Waals surface area contributed by atoms with Crippen molar-refractivity contribution in [3.8, 4) is 0 Å². The minimum atomic E-state index is -0.256. The van der Waals surface area contributed by atoms with E-state index in [2.05, 4.69) is 15.3 Å². The highest BCUT2D eigenvalue weighted by atomic mass is 32.2. The van der Waals surface area contributed by atoms with E-state index < -0.39 is 0 Å². The number of hydrogen-bond donors (Lipinski definition) is 2. The van der Waals surface area contributed by atoms with Crippen molar-refractivity contribution in [2.75, 3.05) is 5.32 Å². The Bertz CT molecular complexity index is 895. The van der Waals surface area contributed by atoms with Gasteiger partial charge in [-0.15, -0.1) is 0 Å². The molecule has 0 aliphatic rings. The van der Waals surface area contributed by atoms with Crippen LogP contribution >= 0.6 is 11.8 Å². The van der Waals surface area contributed by atoms with Gasteiger partial charge in [0.2, 0.25) is 5.91 Å². The summed E-state index contributed by atoms with van der Waals surface area (Å²) < 4.78 is 0. The second-order valence-electron chi connectivity index (χ2n) is 5.41. The van der Waals surface area contributed by atoms with Crippen molar-refractivity contribution in [2.45, 2.75) is 17.3 Å². The number of nitrogens with one attached hydrogen (secondary N) is 2. The Labute approximate surface area is 149 Å². The summed E-state index contributed by atoms with van der Waals surface area (Å²) in [6.45, 7) is 0. The van der Waals surface area contributed by atoms with Crippen molar-refractivity contribution in [1.82, 2.24) is 9.97 Å². The van der Waals surface area contributed by atoms with Crippen LogP contribution in [-0.2, 0) is 17.0 Å². The number of nitrogens with zero attached hydrogens (tertiary/aromatic N) is 1. The maximum atomic E-state index is 12.1. The molecule has 2 N–H and O–H groups in total. The molecule has 0 unspecified atom stereocenters. The lowest BCUT2D eigenvalue weighted by atomic mass is 10.2. The Kier molecular flexibility index (Phi) is 5.64. The van der Waals surface area contributed by atoms with Crippen molar-refractivity contribution in [1.29, 1.82) is 0 Å². The molecule has 0 bridgehead atoms. The van der Waals surface area contributed by atoms with Gasteiger partial charge in [0.15, 0.2) is 5.16 Å². The van der Waals surface area contributed by atoms with Gasteiger partial charge in [0, 0.05) is 17.5 Å². The average Bonchev–Trinajstić information content (AvgIpc) is 2.61. The number of carbonyl (C=O) groups is 1. The van der Waals surface area contributed by atoms with Gasteiger partial charge in [-0.1, -0.05) is 60.3 Å². The molecule has 0 saturated heterocycles. The van der Waals surface area contributed by atoms with Crippen molar-refractivity contribution in [3.05, 3.63) is 88.3 Å². The Morgan fingerprint density at radius 2 is 1.72 bits per heavy atom. The first-order valence-electron chi connectivity index (χ1n) is 7.81. The molecule has 0 fully saturated rings. The summed E-state index contributed by atoms with van der Waals surface area (Å²) in [7, 11) is 0. The predicted octanol–water partition coefficient (Wildman–Crippen LogP) is 3.24. The first kappa shape index (κ1) is 17.0. The maximum absolute atomic E-state index is 12.1. The van der Waals surface area contributed by atoms with Crippen LogP contribution in [0.3, 0.4) is 0 Å². The number of H-pyrrole nitrogens is 1. The van der Waals surface area contributed by atoms with Crippen LogP contribution in [0.25, 0.3) is 0 Å². The Morgan fingerprint density at radius 1 is 1.04 bits per heavy atom. The number of carbonyl (C=O) groups excluding carboxylic acids is 1. The van der Waals surface area contributed by atoms with Gasteiger partial charge in [-0.05, 0) is 17.7 Å². The molecule has 0 aliphatic carbocycles. The molecule has 6 heteroatoms. The predicted molar refractivity (Wildman–Crippen MR) is 99.6 cm³/mol. The third-order valence-electron chi connectivity index (χ3n) is 3.39. The third-order valence-corrected chi connectivity index (χ3v) is 4.34. The number of amides is 1. The van der Waals surface area contributed by atoms with Crippen LogP contribution in [0.4, 0.5) is 5.69 Å². The van der Waals surface area contributed by atoms with Crippen LogP contribution in [0.15, 0.2) is 76.7 Å². The zero-order valence-electron chi connectivity index (χ0n) is 13.4. The summed E-state index contributed by atoms with van der Waals surface area (Å²) in [6, 6.07) is 20.5. The van der Waals surface area contributed by atoms with E-state index >= 15 is 0 Å².